The van der Waals surface area contributed by atoms with E-state index in [1.165, 1.54) is 10.5 Å². The van der Waals surface area contributed by atoms with Crippen molar-refractivity contribution in [1.29, 1.82) is 0 Å². The number of ether oxygens (including phenoxy) is 1. The predicted molar refractivity (Wildman–Crippen MR) is 133 cm³/mol. The van der Waals surface area contributed by atoms with E-state index >= 15 is 0 Å². The summed E-state index contributed by atoms with van der Waals surface area (Å²) in [7, 11) is 1.59. The molecule has 5 nitrogen and oxygen atoms in total. The first-order valence-electron chi connectivity index (χ1n) is 11.8. The van der Waals surface area contributed by atoms with E-state index in [1.807, 2.05) is 48.5 Å². The van der Waals surface area contributed by atoms with Crippen molar-refractivity contribution in [2.75, 3.05) is 25.1 Å². The summed E-state index contributed by atoms with van der Waals surface area (Å²) in [6.07, 6.45) is 2.99. The van der Waals surface area contributed by atoms with Crippen LogP contribution in [0.2, 0.25) is 0 Å². The van der Waals surface area contributed by atoms with Crippen LogP contribution in [0.1, 0.15) is 24.0 Å². The van der Waals surface area contributed by atoms with Gasteiger partial charge in [0, 0.05) is 18.7 Å². The summed E-state index contributed by atoms with van der Waals surface area (Å²) in [5.74, 6) is 0.581. The SMILES string of the molecule is COc1ccccc1C1=C(N2CCC(Cc3ccccc3)CC2)C(=O)N(c2ccccc2)C1=O. The van der Waals surface area contributed by atoms with Crippen molar-refractivity contribution in [3.8, 4) is 5.75 Å². The standard InChI is InChI=1S/C29H28N2O3/c1-34-25-15-9-8-14-24(25)26-27(29(33)31(28(26)32)23-12-6-3-7-13-23)30-18-16-22(17-19-30)20-21-10-4-2-5-11-21/h2-15,22H,16-20H2,1H3. The molecule has 34 heavy (non-hydrogen) atoms. The first-order valence-corrected chi connectivity index (χ1v) is 11.8. The van der Waals surface area contributed by atoms with Crippen LogP contribution in [0.25, 0.3) is 5.57 Å². The van der Waals surface area contributed by atoms with Gasteiger partial charge < -0.3 is 9.64 Å². The topological polar surface area (TPSA) is 49.9 Å². The van der Waals surface area contributed by atoms with Crippen molar-refractivity contribution in [2.45, 2.75) is 19.3 Å². The lowest BCUT2D eigenvalue weighted by atomic mass is 9.89. The molecule has 0 radical (unpaired) electrons. The summed E-state index contributed by atoms with van der Waals surface area (Å²) < 4.78 is 5.57. The highest BCUT2D eigenvalue weighted by Gasteiger charge is 2.43. The predicted octanol–water partition coefficient (Wildman–Crippen LogP) is 4.93. The van der Waals surface area contributed by atoms with E-state index in [0.717, 1.165) is 32.4 Å². The van der Waals surface area contributed by atoms with E-state index in [0.29, 0.717) is 34.2 Å². The van der Waals surface area contributed by atoms with Crippen molar-refractivity contribution in [2.24, 2.45) is 5.92 Å². The third-order valence-corrected chi connectivity index (χ3v) is 6.75. The molecule has 2 amide bonds. The Balaban J connectivity index is 1.47. The fourth-order valence-corrected chi connectivity index (χ4v) is 5.03. The highest BCUT2D eigenvalue weighted by molar-refractivity contribution is 6.45. The first kappa shape index (κ1) is 22.0. The number of carbonyl (C=O) groups is 2. The Hall–Kier alpha value is -3.86. The van der Waals surface area contributed by atoms with Crippen molar-refractivity contribution in [3.63, 3.8) is 0 Å². The van der Waals surface area contributed by atoms with Crippen molar-refractivity contribution >= 4 is 23.1 Å². The van der Waals surface area contributed by atoms with Crippen LogP contribution < -0.4 is 9.64 Å². The van der Waals surface area contributed by atoms with Crippen LogP contribution in [0, 0.1) is 5.92 Å². The largest absolute Gasteiger partial charge is 0.496 e. The van der Waals surface area contributed by atoms with Gasteiger partial charge in [-0.3, -0.25) is 9.59 Å². The third kappa shape index (κ3) is 4.10. The molecular formula is C29H28N2O3. The maximum atomic E-state index is 13.7. The van der Waals surface area contributed by atoms with Gasteiger partial charge in [0.25, 0.3) is 11.8 Å². The number of para-hydroxylation sites is 2. The van der Waals surface area contributed by atoms with E-state index in [-0.39, 0.29) is 11.8 Å². The number of methoxy groups -OCH3 is 1. The van der Waals surface area contributed by atoms with Gasteiger partial charge in [-0.05, 0) is 48.9 Å². The molecule has 2 aliphatic rings. The van der Waals surface area contributed by atoms with Crippen molar-refractivity contribution in [3.05, 3.63) is 102 Å². The molecule has 0 unspecified atom stereocenters. The van der Waals surface area contributed by atoms with Gasteiger partial charge in [0.1, 0.15) is 11.4 Å². The number of hydrogen-bond acceptors (Lipinski definition) is 4. The van der Waals surface area contributed by atoms with Gasteiger partial charge in [-0.15, -0.1) is 0 Å². The number of likely N-dealkylation sites (tertiary alicyclic amines) is 1. The van der Waals surface area contributed by atoms with Gasteiger partial charge in [-0.1, -0.05) is 66.7 Å². The molecule has 0 bridgehead atoms. The number of amides is 2. The number of imide groups is 1. The maximum absolute atomic E-state index is 13.7. The summed E-state index contributed by atoms with van der Waals surface area (Å²) in [6, 6.07) is 27.1. The molecular weight excluding hydrogens is 424 g/mol. The Morgan fingerprint density at radius 1 is 0.794 bits per heavy atom. The number of nitrogens with zero attached hydrogens (tertiary/aromatic N) is 2. The van der Waals surface area contributed by atoms with Crippen LogP contribution in [0.5, 0.6) is 5.75 Å². The molecule has 0 atom stereocenters. The lowest BCUT2D eigenvalue weighted by Crippen LogP contribution is -2.39. The Morgan fingerprint density at radius 3 is 2.09 bits per heavy atom. The Kier molecular flexibility index (Phi) is 6.17. The molecule has 0 spiro atoms. The molecule has 5 rings (SSSR count). The number of rotatable bonds is 6. The molecule has 1 saturated heterocycles. The van der Waals surface area contributed by atoms with Crippen molar-refractivity contribution in [1.82, 2.24) is 4.90 Å². The fraction of sp³-hybridized carbons (Fsp3) is 0.241. The van der Waals surface area contributed by atoms with Gasteiger partial charge in [0.2, 0.25) is 0 Å². The lowest BCUT2D eigenvalue weighted by Gasteiger charge is -2.34. The Morgan fingerprint density at radius 2 is 1.41 bits per heavy atom. The molecule has 2 aliphatic heterocycles. The first-order chi connectivity index (χ1) is 16.7. The second-order valence-corrected chi connectivity index (χ2v) is 8.83. The quantitative estimate of drug-likeness (QED) is 0.498. The Bertz CT molecular complexity index is 1210. The molecule has 0 saturated carbocycles. The van der Waals surface area contributed by atoms with E-state index in [4.69, 9.17) is 4.74 Å². The van der Waals surface area contributed by atoms with E-state index < -0.39 is 0 Å². The van der Waals surface area contributed by atoms with Crippen LogP contribution in [-0.2, 0) is 16.0 Å². The van der Waals surface area contributed by atoms with Crippen LogP contribution in [0.4, 0.5) is 5.69 Å². The Labute approximate surface area is 200 Å². The van der Waals surface area contributed by atoms with Gasteiger partial charge in [0.05, 0.1) is 18.4 Å². The summed E-state index contributed by atoms with van der Waals surface area (Å²) in [4.78, 5) is 30.8. The summed E-state index contributed by atoms with van der Waals surface area (Å²) >= 11 is 0. The van der Waals surface area contributed by atoms with Crippen LogP contribution in [0.3, 0.4) is 0 Å². The molecule has 0 N–H and O–H groups in total. The highest BCUT2D eigenvalue weighted by atomic mass is 16.5. The average molecular weight is 453 g/mol. The zero-order chi connectivity index (χ0) is 23.5. The second kappa shape index (κ2) is 9.56. The fourth-order valence-electron chi connectivity index (χ4n) is 5.03. The lowest BCUT2D eigenvalue weighted by molar-refractivity contribution is -0.120. The minimum Gasteiger partial charge on any atom is -0.496 e. The number of carbonyl (C=O) groups excluding carboxylic acids is 2. The number of hydrogen-bond donors (Lipinski definition) is 0. The van der Waals surface area contributed by atoms with Crippen LogP contribution in [-0.4, -0.2) is 36.9 Å². The average Bonchev–Trinajstić information content (AvgIpc) is 3.15. The molecule has 5 heteroatoms. The highest BCUT2D eigenvalue weighted by Crippen LogP contribution is 2.39. The smallest absolute Gasteiger partial charge is 0.282 e. The van der Waals surface area contributed by atoms with Gasteiger partial charge >= 0.3 is 0 Å². The zero-order valence-corrected chi connectivity index (χ0v) is 19.3. The summed E-state index contributed by atoms with van der Waals surface area (Å²) in [5.41, 5.74) is 3.49. The molecule has 2 heterocycles. The summed E-state index contributed by atoms with van der Waals surface area (Å²) in [5, 5.41) is 0. The molecule has 0 aliphatic carbocycles. The second-order valence-electron chi connectivity index (χ2n) is 8.83. The number of anilines is 1. The van der Waals surface area contributed by atoms with E-state index in [2.05, 4.69) is 29.2 Å². The number of benzene rings is 3. The molecule has 3 aromatic carbocycles. The maximum Gasteiger partial charge on any atom is 0.282 e. The minimum absolute atomic E-state index is 0.265. The number of piperidine rings is 1. The molecule has 0 aromatic heterocycles. The molecule has 172 valence electrons. The van der Waals surface area contributed by atoms with Crippen molar-refractivity contribution < 1.29 is 14.3 Å². The minimum atomic E-state index is -0.304. The molecule has 3 aromatic rings. The van der Waals surface area contributed by atoms with E-state index in [9.17, 15) is 9.59 Å². The third-order valence-electron chi connectivity index (χ3n) is 6.75. The van der Waals surface area contributed by atoms with Gasteiger partial charge in [-0.25, -0.2) is 4.90 Å². The van der Waals surface area contributed by atoms with Gasteiger partial charge in [0.15, 0.2) is 0 Å². The van der Waals surface area contributed by atoms with Crippen LogP contribution in [0.15, 0.2) is 90.6 Å². The normalized spacial score (nSPS) is 17.0. The van der Waals surface area contributed by atoms with Crippen LogP contribution >= 0.6 is 0 Å². The summed E-state index contributed by atoms with van der Waals surface area (Å²) in [6.45, 7) is 1.49. The van der Waals surface area contributed by atoms with Gasteiger partial charge in [-0.2, -0.15) is 0 Å². The van der Waals surface area contributed by atoms with E-state index in [1.54, 1.807) is 19.2 Å². The molecule has 1 fully saturated rings. The zero-order valence-electron chi connectivity index (χ0n) is 19.3. The monoisotopic (exact) mass is 452 g/mol.